The molecule has 4 heteroatoms. The Bertz CT molecular complexity index is 263. The van der Waals surface area contributed by atoms with Gasteiger partial charge in [-0.25, -0.2) is 0 Å². The van der Waals surface area contributed by atoms with E-state index >= 15 is 0 Å². The van der Waals surface area contributed by atoms with E-state index in [9.17, 15) is 0 Å². The lowest BCUT2D eigenvalue weighted by Crippen LogP contribution is -2.50. The molecule has 3 fully saturated rings. The minimum absolute atomic E-state index is 0.0432. The predicted octanol–water partition coefficient (Wildman–Crippen LogP) is 1.70. The van der Waals surface area contributed by atoms with Crippen molar-refractivity contribution in [3.63, 3.8) is 0 Å². The standard InChI is InChI=1S/C15H28N2O2/c1-3-7-16(8-4-1)10-11-17-9-5-2-6-14(17)15-18-12-13-19-15/h14-15H,1-13H2. The van der Waals surface area contributed by atoms with Gasteiger partial charge in [-0.3, -0.25) is 4.90 Å². The Morgan fingerprint density at radius 3 is 2.32 bits per heavy atom. The van der Waals surface area contributed by atoms with E-state index in [-0.39, 0.29) is 6.29 Å². The van der Waals surface area contributed by atoms with E-state index in [2.05, 4.69) is 9.80 Å². The van der Waals surface area contributed by atoms with E-state index in [0.29, 0.717) is 6.04 Å². The van der Waals surface area contributed by atoms with Crippen LogP contribution in [0.15, 0.2) is 0 Å². The molecule has 0 saturated carbocycles. The Morgan fingerprint density at radius 1 is 0.789 bits per heavy atom. The van der Waals surface area contributed by atoms with E-state index in [4.69, 9.17) is 9.47 Å². The first-order valence-corrected chi connectivity index (χ1v) is 8.13. The van der Waals surface area contributed by atoms with Crippen molar-refractivity contribution in [3.05, 3.63) is 0 Å². The van der Waals surface area contributed by atoms with Gasteiger partial charge in [-0.2, -0.15) is 0 Å². The zero-order valence-corrected chi connectivity index (χ0v) is 12.1. The molecule has 0 aromatic carbocycles. The van der Waals surface area contributed by atoms with Crippen molar-refractivity contribution in [1.82, 2.24) is 9.80 Å². The summed E-state index contributed by atoms with van der Waals surface area (Å²) in [5.41, 5.74) is 0. The topological polar surface area (TPSA) is 24.9 Å². The summed E-state index contributed by atoms with van der Waals surface area (Å²) in [7, 11) is 0. The van der Waals surface area contributed by atoms with Crippen molar-refractivity contribution in [3.8, 4) is 0 Å². The third-order valence-electron chi connectivity index (χ3n) is 4.78. The van der Waals surface area contributed by atoms with Crippen LogP contribution >= 0.6 is 0 Å². The molecule has 3 heterocycles. The van der Waals surface area contributed by atoms with Gasteiger partial charge in [0.15, 0.2) is 6.29 Å². The van der Waals surface area contributed by atoms with Crippen LogP contribution in [0.25, 0.3) is 0 Å². The number of likely N-dealkylation sites (tertiary alicyclic amines) is 2. The number of ether oxygens (including phenoxy) is 2. The quantitative estimate of drug-likeness (QED) is 0.775. The third kappa shape index (κ3) is 3.69. The Balaban J connectivity index is 1.48. The molecular formula is C15H28N2O2. The van der Waals surface area contributed by atoms with E-state index in [0.717, 1.165) is 13.2 Å². The maximum atomic E-state index is 5.74. The average molecular weight is 268 g/mol. The first kappa shape index (κ1) is 13.8. The summed E-state index contributed by atoms with van der Waals surface area (Å²) in [5.74, 6) is 0. The second kappa shape index (κ2) is 7.02. The zero-order valence-electron chi connectivity index (χ0n) is 12.1. The van der Waals surface area contributed by atoms with Gasteiger partial charge in [0.1, 0.15) is 0 Å². The summed E-state index contributed by atoms with van der Waals surface area (Å²) in [6.07, 6.45) is 8.15. The normalized spacial score (nSPS) is 31.9. The zero-order chi connectivity index (χ0) is 12.9. The predicted molar refractivity (Wildman–Crippen MR) is 75.2 cm³/mol. The minimum Gasteiger partial charge on any atom is -0.349 e. The van der Waals surface area contributed by atoms with Gasteiger partial charge in [-0.05, 0) is 45.3 Å². The smallest absolute Gasteiger partial charge is 0.173 e. The second-order valence-electron chi connectivity index (χ2n) is 6.11. The molecule has 3 rings (SSSR count). The van der Waals surface area contributed by atoms with Crippen LogP contribution in [0.5, 0.6) is 0 Å². The molecule has 1 atom stereocenters. The molecule has 4 nitrogen and oxygen atoms in total. The Kier molecular flexibility index (Phi) is 5.10. The molecule has 0 aliphatic carbocycles. The Hall–Kier alpha value is -0.160. The first-order chi connectivity index (χ1) is 9.43. The lowest BCUT2D eigenvalue weighted by Gasteiger charge is -2.39. The molecule has 0 spiro atoms. The summed E-state index contributed by atoms with van der Waals surface area (Å²) in [6.45, 7) is 7.80. The van der Waals surface area contributed by atoms with Crippen molar-refractivity contribution >= 4 is 0 Å². The molecule has 0 aromatic heterocycles. The second-order valence-corrected chi connectivity index (χ2v) is 6.11. The lowest BCUT2D eigenvalue weighted by atomic mass is 10.0. The van der Waals surface area contributed by atoms with Crippen LogP contribution in [0.4, 0.5) is 0 Å². The molecule has 3 aliphatic rings. The molecule has 19 heavy (non-hydrogen) atoms. The fraction of sp³-hybridized carbons (Fsp3) is 1.00. The summed E-state index contributed by atoms with van der Waals surface area (Å²) in [5, 5.41) is 0. The van der Waals surface area contributed by atoms with Crippen LogP contribution in [0, 0.1) is 0 Å². The largest absolute Gasteiger partial charge is 0.349 e. The highest BCUT2D eigenvalue weighted by Gasteiger charge is 2.33. The van der Waals surface area contributed by atoms with Gasteiger partial charge in [-0.15, -0.1) is 0 Å². The van der Waals surface area contributed by atoms with E-state index in [1.807, 2.05) is 0 Å². The summed E-state index contributed by atoms with van der Waals surface area (Å²) >= 11 is 0. The minimum atomic E-state index is 0.0432. The van der Waals surface area contributed by atoms with Crippen LogP contribution < -0.4 is 0 Å². The van der Waals surface area contributed by atoms with Crippen molar-refractivity contribution in [2.75, 3.05) is 45.9 Å². The van der Waals surface area contributed by atoms with Gasteiger partial charge in [0.2, 0.25) is 0 Å². The van der Waals surface area contributed by atoms with Crippen molar-refractivity contribution in [2.45, 2.75) is 50.9 Å². The number of piperidine rings is 2. The van der Waals surface area contributed by atoms with E-state index in [1.54, 1.807) is 0 Å². The van der Waals surface area contributed by atoms with Gasteiger partial charge in [-0.1, -0.05) is 12.8 Å². The van der Waals surface area contributed by atoms with Crippen LogP contribution in [-0.4, -0.2) is 68.1 Å². The SMILES string of the molecule is C1CCN(CCN2CCCCC2C2OCCO2)CC1. The van der Waals surface area contributed by atoms with Crippen LogP contribution in [-0.2, 0) is 9.47 Å². The molecule has 0 bridgehead atoms. The first-order valence-electron chi connectivity index (χ1n) is 8.13. The molecule has 110 valence electrons. The third-order valence-corrected chi connectivity index (χ3v) is 4.78. The molecule has 1 unspecified atom stereocenters. The van der Waals surface area contributed by atoms with Crippen molar-refractivity contribution in [2.24, 2.45) is 0 Å². The fourth-order valence-electron chi connectivity index (χ4n) is 3.65. The van der Waals surface area contributed by atoms with Gasteiger partial charge in [0.05, 0.1) is 19.3 Å². The molecular weight excluding hydrogens is 240 g/mol. The molecule has 0 N–H and O–H groups in total. The maximum Gasteiger partial charge on any atom is 0.173 e. The van der Waals surface area contributed by atoms with Crippen LogP contribution in [0.2, 0.25) is 0 Å². The van der Waals surface area contributed by atoms with E-state index in [1.165, 1.54) is 71.2 Å². The van der Waals surface area contributed by atoms with Gasteiger partial charge < -0.3 is 14.4 Å². The summed E-state index contributed by atoms with van der Waals surface area (Å²) < 4.78 is 11.5. The number of hydrogen-bond acceptors (Lipinski definition) is 4. The highest BCUT2D eigenvalue weighted by Crippen LogP contribution is 2.24. The highest BCUT2D eigenvalue weighted by atomic mass is 16.7. The lowest BCUT2D eigenvalue weighted by molar-refractivity contribution is -0.110. The Labute approximate surface area is 117 Å². The molecule has 0 aromatic rings. The number of rotatable bonds is 4. The average Bonchev–Trinajstić information content (AvgIpc) is 3.01. The van der Waals surface area contributed by atoms with E-state index < -0.39 is 0 Å². The van der Waals surface area contributed by atoms with Gasteiger partial charge >= 0.3 is 0 Å². The monoisotopic (exact) mass is 268 g/mol. The number of nitrogens with zero attached hydrogens (tertiary/aromatic N) is 2. The molecule has 0 amide bonds. The van der Waals surface area contributed by atoms with Gasteiger partial charge in [0.25, 0.3) is 0 Å². The fourth-order valence-corrected chi connectivity index (χ4v) is 3.65. The number of hydrogen-bond donors (Lipinski definition) is 0. The highest BCUT2D eigenvalue weighted by molar-refractivity contribution is 4.82. The molecule has 0 radical (unpaired) electrons. The van der Waals surface area contributed by atoms with Crippen LogP contribution in [0.1, 0.15) is 38.5 Å². The summed E-state index contributed by atoms with van der Waals surface area (Å²) in [4.78, 5) is 5.25. The molecule has 3 saturated heterocycles. The molecule has 3 aliphatic heterocycles. The van der Waals surface area contributed by atoms with Crippen molar-refractivity contribution < 1.29 is 9.47 Å². The summed E-state index contributed by atoms with van der Waals surface area (Å²) in [6, 6.07) is 0.501. The van der Waals surface area contributed by atoms with Crippen molar-refractivity contribution in [1.29, 1.82) is 0 Å². The maximum absolute atomic E-state index is 5.74. The van der Waals surface area contributed by atoms with Gasteiger partial charge in [0, 0.05) is 13.1 Å². The van der Waals surface area contributed by atoms with Crippen LogP contribution in [0.3, 0.4) is 0 Å². The Morgan fingerprint density at radius 2 is 1.53 bits per heavy atom.